The van der Waals surface area contributed by atoms with Crippen molar-refractivity contribution in [3.8, 4) is 5.69 Å². The van der Waals surface area contributed by atoms with Gasteiger partial charge in [-0.3, -0.25) is 9.59 Å². The van der Waals surface area contributed by atoms with Gasteiger partial charge < -0.3 is 19.4 Å². The van der Waals surface area contributed by atoms with E-state index in [1.807, 2.05) is 71.7 Å². The summed E-state index contributed by atoms with van der Waals surface area (Å²) in [6.07, 6.45) is 8.25. The van der Waals surface area contributed by atoms with Crippen molar-refractivity contribution in [3.63, 3.8) is 0 Å². The zero-order chi connectivity index (χ0) is 23.3. The number of carbonyl (C=O) groups is 2. The number of nitrogens with one attached hydrogen (secondary N) is 1. The van der Waals surface area contributed by atoms with Gasteiger partial charge >= 0.3 is 0 Å². The molecule has 1 N–H and O–H groups in total. The Hall–Kier alpha value is -3.32. The number of benzene rings is 1. The molecule has 0 saturated heterocycles. The molecule has 174 valence electrons. The van der Waals surface area contributed by atoms with E-state index in [-0.39, 0.29) is 17.9 Å². The van der Waals surface area contributed by atoms with Crippen LogP contribution in [0.5, 0.6) is 0 Å². The summed E-state index contributed by atoms with van der Waals surface area (Å²) in [4.78, 5) is 31.0. The van der Waals surface area contributed by atoms with Crippen LogP contribution in [-0.2, 0) is 17.9 Å². The van der Waals surface area contributed by atoms with Crippen molar-refractivity contribution in [3.05, 3.63) is 76.9 Å². The van der Waals surface area contributed by atoms with Crippen LogP contribution in [0.3, 0.4) is 0 Å². The minimum atomic E-state index is -0.994. The number of para-hydroxylation sites is 1. The van der Waals surface area contributed by atoms with Gasteiger partial charge in [-0.1, -0.05) is 37.1 Å². The molecular weight excluding hydrogens is 444 g/mol. The van der Waals surface area contributed by atoms with Crippen LogP contribution in [0.2, 0.25) is 0 Å². The number of rotatable bonds is 5. The number of nitrogens with zero attached hydrogens (tertiary/aromatic N) is 3. The molecule has 0 bridgehead atoms. The first-order valence-electron chi connectivity index (χ1n) is 12.0. The zero-order valence-electron chi connectivity index (χ0n) is 19.2. The lowest BCUT2D eigenvalue weighted by atomic mass is 9.93. The van der Waals surface area contributed by atoms with E-state index < -0.39 is 5.54 Å². The highest BCUT2D eigenvalue weighted by atomic mass is 32.1. The molecule has 1 aliphatic heterocycles. The van der Waals surface area contributed by atoms with Crippen molar-refractivity contribution < 1.29 is 9.59 Å². The fourth-order valence-electron chi connectivity index (χ4n) is 5.57. The predicted octanol–water partition coefficient (Wildman–Crippen LogP) is 4.97. The van der Waals surface area contributed by atoms with Gasteiger partial charge in [0.1, 0.15) is 11.2 Å². The van der Waals surface area contributed by atoms with E-state index in [4.69, 9.17) is 0 Å². The van der Waals surface area contributed by atoms with Gasteiger partial charge in [-0.05, 0) is 49.4 Å². The Bertz CT molecular complexity index is 1350. The predicted molar refractivity (Wildman–Crippen MR) is 134 cm³/mol. The van der Waals surface area contributed by atoms with Gasteiger partial charge in [0.05, 0.1) is 24.3 Å². The number of carbonyl (C=O) groups excluding carboxylic acids is 2. The zero-order valence-corrected chi connectivity index (χ0v) is 20.1. The molecule has 7 heteroatoms. The Balaban J connectivity index is 1.52. The molecule has 4 heterocycles. The van der Waals surface area contributed by atoms with E-state index in [9.17, 15) is 9.59 Å². The molecule has 6 rings (SSSR count). The van der Waals surface area contributed by atoms with Crippen LogP contribution in [0, 0.1) is 0 Å². The summed E-state index contributed by atoms with van der Waals surface area (Å²) >= 11 is 1.61. The molecule has 0 radical (unpaired) electrons. The standard InChI is InChI=1S/C27H28N4O2S/c1-27(26(33)28-19-9-2-3-10-19)18-30-22-13-5-4-12-21(22)23(29-14-6-7-15-29)24(30)25(32)31(27)17-20-11-8-16-34-20/h4-8,11-16,19H,2-3,9-10,17-18H2,1H3,(H,28,33). The van der Waals surface area contributed by atoms with Gasteiger partial charge in [-0.25, -0.2) is 0 Å². The van der Waals surface area contributed by atoms with Crippen molar-refractivity contribution in [2.75, 3.05) is 0 Å². The fourth-order valence-corrected chi connectivity index (χ4v) is 6.26. The average Bonchev–Trinajstić information content (AvgIpc) is 3.64. The molecule has 1 saturated carbocycles. The maximum atomic E-state index is 14.3. The van der Waals surface area contributed by atoms with Gasteiger partial charge in [-0.2, -0.15) is 0 Å². The maximum Gasteiger partial charge on any atom is 0.273 e. The quantitative estimate of drug-likeness (QED) is 0.446. The lowest BCUT2D eigenvalue weighted by molar-refractivity contribution is -0.133. The molecule has 1 aromatic carbocycles. The van der Waals surface area contributed by atoms with Crippen LogP contribution in [0.1, 0.15) is 48.0 Å². The molecule has 1 atom stereocenters. The van der Waals surface area contributed by atoms with Crippen LogP contribution in [0.4, 0.5) is 0 Å². The second kappa shape index (κ2) is 8.17. The Morgan fingerprint density at radius 2 is 1.85 bits per heavy atom. The first kappa shape index (κ1) is 21.2. The van der Waals surface area contributed by atoms with E-state index in [0.717, 1.165) is 47.2 Å². The lowest BCUT2D eigenvalue weighted by Crippen LogP contribution is -2.64. The van der Waals surface area contributed by atoms with Crippen molar-refractivity contribution in [2.45, 2.75) is 57.3 Å². The molecule has 0 spiro atoms. The summed E-state index contributed by atoms with van der Waals surface area (Å²) in [6, 6.07) is 16.3. The minimum Gasteiger partial charge on any atom is -0.351 e. The highest BCUT2D eigenvalue weighted by Crippen LogP contribution is 2.39. The summed E-state index contributed by atoms with van der Waals surface area (Å²) in [5, 5.41) is 6.31. The Morgan fingerprint density at radius 1 is 1.09 bits per heavy atom. The number of aromatic nitrogens is 2. The van der Waals surface area contributed by atoms with Gasteiger partial charge in [0.2, 0.25) is 5.91 Å². The molecule has 1 fully saturated rings. The van der Waals surface area contributed by atoms with Crippen molar-refractivity contribution in [1.82, 2.24) is 19.4 Å². The van der Waals surface area contributed by atoms with Gasteiger partial charge in [0, 0.05) is 28.7 Å². The van der Waals surface area contributed by atoms with E-state index in [1.54, 1.807) is 16.2 Å². The topological polar surface area (TPSA) is 59.3 Å². The molecule has 2 aliphatic rings. The highest BCUT2D eigenvalue weighted by Gasteiger charge is 2.49. The van der Waals surface area contributed by atoms with E-state index in [2.05, 4.69) is 16.0 Å². The number of fused-ring (bicyclic) bond motifs is 3. The Morgan fingerprint density at radius 3 is 2.59 bits per heavy atom. The molecular formula is C27H28N4O2S. The lowest BCUT2D eigenvalue weighted by Gasteiger charge is -2.44. The third-order valence-corrected chi connectivity index (χ3v) is 8.25. The Kier molecular flexibility index (Phi) is 5.10. The summed E-state index contributed by atoms with van der Waals surface area (Å²) in [7, 11) is 0. The van der Waals surface area contributed by atoms with Gasteiger partial charge in [0.25, 0.3) is 5.91 Å². The fraction of sp³-hybridized carbons (Fsp3) is 0.333. The number of amides is 2. The number of hydrogen-bond donors (Lipinski definition) is 1. The number of thiophene rings is 1. The van der Waals surface area contributed by atoms with Gasteiger partial charge in [-0.15, -0.1) is 11.3 Å². The largest absolute Gasteiger partial charge is 0.351 e. The Labute approximate surface area is 202 Å². The normalized spacial score (nSPS) is 20.7. The SMILES string of the molecule is CC1(C(=O)NC2CCCC2)Cn2c(c(-n3cccc3)c3ccccc32)C(=O)N1Cc1cccs1. The summed E-state index contributed by atoms with van der Waals surface area (Å²) in [6.45, 7) is 2.76. The van der Waals surface area contributed by atoms with Crippen molar-refractivity contribution >= 4 is 34.1 Å². The monoisotopic (exact) mass is 472 g/mol. The molecule has 3 aromatic heterocycles. The first-order chi connectivity index (χ1) is 16.6. The highest BCUT2D eigenvalue weighted by molar-refractivity contribution is 7.09. The van der Waals surface area contributed by atoms with Crippen LogP contribution in [0.25, 0.3) is 16.6 Å². The van der Waals surface area contributed by atoms with Crippen LogP contribution in [-0.4, -0.2) is 37.4 Å². The summed E-state index contributed by atoms with van der Waals surface area (Å²) < 4.78 is 4.07. The molecule has 6 nitrogen and oxygen atoms in total. The minimum absolute atomic E-state index is 0.0600. The third-order valence-electron chi connectivity index (χ3n) is 7.39. The van der Waals surface area contributed by atoms with Crippen LogP contribution in [0.15, 0.2) is 66.3 Å². The number of hydrogen-bond acceptors (Lipinski definition) is 3. The van der Waals surface area contributed by atoms with E-state index >= 15 is 0 Å². The summed E-state index contributed by atoms with van der Waals surface area (Å²) in [5.41, 5.74) is 1.50. The molecule has 1 aliphatic carbocycles. The second-order valence-electron chi connectivity index (χ2n) is 9.59. The molecule has 2 amide bonds. The van der Waals surface area contributed by atoms with Crippen LogP contribution >= 0.6 is 11.3 Å². The average molecular weight is 473 g/mol. The first-order valence-corrected chi connectivity index (χ1v) is 12.8. The maximum absolute atomic E-state index is 14.3. The van der Waals surface area contributed by atoms with E-state index in [1.165, 1.54) is 0 Å². The molecule has 1 unspecified atom stereocenters. The second-order valence-corrected chi connectivity index (χ2v) is 10.6. The van der Waals surface area contributed by atoms with Crippen LogP contribution < -0.4 is 5.32 Å². The smallest absolute Gasteiger partial charge is 0.273 e. The van der Waals surface area contributed by atoms with Gasteiger partial charge in [0.15, 0.2) is 0 Å². The molecule has 34 heavy (non-hydrogen) atoms. The third kappa shape index (κ3) is 3.29. The van der Waals surface area contributed by atoms with Crippen molar-refractivity contribution in [1.29, 1.82) is 0 Å². The van der Waals surface area contributed by atoms with E-state index in [0.29, 0.717) is 18.8 Å². The van der Waals surface area contributed by atoms with Crippen molar-refractivity contribution in [2.24, 2.45) is 0 Å². The molecule has 4 aromatic rings. The summed E-state index contributed by atoms with van der Waals surface area (Å²) in [5.74, 6) is -0.168.